The van der Waals surface area contributed by atoms with E-state index in [-0.39, 0.29) is 0 Å². The van der Waals surface area contributed by atoms with Crippen LogP contribution in [0.5, 0.6) is 5.88 Å². The summed E-state index contributed by atoms with van der Waals surface area (Å²) in [5, 5.41) is 12.7. The minimum absolute atomic E-state index is 0.333. The van der Waals surface area contributed by atoms with Crippen molar-refractivity contribution in [1.29, 1.82) is 5.26 Å². The van der Waals surface area contributed by atoms with Gasteiger partial charge in [0.15, 0.2) is 0 Å². The molecule has 0 saturated carbocycles. The van der Waals surface area contributed by atoms with Crippen molar-refractivity contribution in [3.8, 4) is 17.6 Å². The van der Waals surface area contributed by atoms with Crippen molar-refractivity contribution in [2.75, 3.05) is 0 Å². The summed E-state index contributed by atoms with van der Waals surface area (Å²) in [6.45, 7) is 0. The SMILES string of the molecule is N#Cc1ccc(-n2nccc2OB=O)cc1. The Kier molecular flexibility index (Phi) is 2.78. The molecular formula is C10H6BN3O2. The first-order valence-corrected chi connectivity index (χ1v) is 4.50. The summed E-state index contributed by atoms with van der Waals surface area (Å²) in [6.07, 6.45) is 1.52. The topological polar surface area (TPSA) is 67.9 Å². The van der Waals surface area contributed by atoms with E-state index in [1.165, 1.54) is 10.9 Å². The van der Waals surface area contributed by atoms with Crippen molar-refractivity contribution in [2.24, 2.45) is 0 Å². The first-order valence-electron chi connectivity index (χ1n) is 4.50. The number of hydrogen-bond acceptors (Lipinski definition) is 4. The molecule has 0 aliphatic heterocycles. The molecule has 0 unspecified atom stereocenters. The molecule has 0 atom stereocenters. The molecule has 76 valence electrons. The van der Waals surface area contributed by atoms with Crippen molar-refractivity contribution in [3.05, 3.63) is 42.1 Å². The van der Waals surface area contributed by atoms with Crippen LogP contribution in [-0.2, 0) is 4.70 Å². The third-order valence-corrected chi connectivity index (χ3v) is 2.02. The number of nitrogens with zero attached hydrogens (tertiary/aromatic N) is 3. The first kappa shape index (κ1) is 10.1. The van der Waals surface area contributed by atoms with Crippen LogP contribution in [0.25, 0.3) is 5.69 Å². The normalized spacial score (nSPS) is 9.19. The van der Waals surface area contributed by atoms with Gasteiger partial charge in [-0.15, -0.1) is 0 Å². The van der Waals surface area contributed by atoms with E-state index in [9.17, 15) is 4.70 Å². The molecule has 1 heterocycles. The fraction of sp³-hybridized carbons (Fsp3) is 0. The summed E-state index contributed by atoms with van der Waals surface area (Å²) in [7, 11) is 0.344. The second-order valence-electron chi connectivity index (χ2n) is 2.95. The average Bonchev–Trinajstić information content (AvgIpc) is 2.78. The predicted molar refractivity (Wildman–Crippen MR) is 55.3 cm³/mol. The molecule has 0 aliphatic carbocycles. The third-order valence-electron chi connectivity index (χ3n) is 2.02. The van der Waals surface area contributed by atoms with E-state index >= 15 is 0 Å². The maximum absolute atomic E-state index is 10.2. The molecule has 0 fully saturated rings. The Morgan fingerprint density at radius 3 is 2.69 bits per heavy atom. The van der Waals surface area contributed by atoms with E-state index in [0.717, 1.165) is 5.69 Å². The van der Waals surface area contributed by atoms with Crippen molar-refractivity contribution >= 4 is 7.35 Å². The second-order valence-corrected chi connectivity index (χ2v) is 2.95. The van der Waals surface area contributed by atoms with Crippen molar-refractivity contribution in [2.45, 2.75) is 0 Å². The van der Waals surface area contributed by atoms with E-state index in [1.54, 1.807) is 30.3 Å². The van der Waals surface area contributed by atoms with Gasteiger partial charge in [-0.1, -0.05) is 0 Å². The Morgan fingerprint density at radius 2 is 2.06 bits per heavy atom. The van der Waals surface area contributed by atoms with Crippen LogP contribution in [0, 0.1) is 11.3 Å². The van der Waals surface area contributed by atoms with E-state index in [2.05, 4.69) is 5.10 Å². The molecule has 5 nitrogen and oxygen atoms in total. The number of aromatic nitrogens is 2. The summed E-state index contributed by atoms with van der Waals surface area (Å²) in [6, 6.07) is 10.4. The molecule has 0 saturated heterocycles. The molecule has 0 spiro atoms. The molecule has 0 bridgehead atoms. The molecule has 0 radical (unpaired) electrons. The van der Waals surface area contributed by atoms with Gasteiger partial charge in [0.05, 0.1) is 0 Å². The van der Waals surface area contributed by atoms with Crippen LogP contribution in [0.1, 0.15) is 5.56 Å². The average molecular weight is 211 g/mol. The zero-order chi connectivity index (χ0) is 11.4. The first-order chi connectivity index (χ1) is 7.85. The number of nitriles is 1. The summed E-state index contributed by atoms with van der Waals surface area (Å²) in [4.78, 5) is 0. The molecule has 6 heteroatoms. The van der Waals surface area contributed by atoms with Gasteiger partial charge in [-0.2, -0.15) is 0 Å². The Labute approximate surface area is 92.2 Å². The van der Waals surface area contributed by atoms with Gasteiger partial charge in [0.2, 0.25) is 0 Å². The van der Waals surface area contributed by atoms with Crippen LogP contribution >= 0.6 is 0 Å². The Hall–Kier alpha value is -2.42. The van der Waals surface area contributed by atoms with Crippen LogP contribution in [0.15, 0.2) is 36.5 Å². The molecule has 0 aliphatic rings. The van der Waals surface area contributed by atoms with Crippen molar-refractivity contribution in [3.63, 3.8) is 0 Å². The summed E-state index contributed by atoms with van der Waals surface area (Å²) in [5.74, 6) is 0.333. The Balaban J connectivity index is 2.39. The predicted octanol–water partition coefficient (Wildman–Crippen LogP) is 1.09. The molecule has 16 heavy (non-hydrogen) atoms. The fourth-order valence-electron chi connectivity index (χ4n) is 1.30. The molecule has 0 amide bonds. The quantitative estimate of drug-likeness (QED) is 0.712. The van der Waals surface area contributed by atoms with Crippen LogP contribution in [-0.4, -0.2) is 17.1 Å². The van der Waals surface area contributed by atoms with Crippen molar-refractivity contribution in [1.82, 2.24) is 9.78 Å². The molecular weight excluding hydrogens is 205 g/mol. The second kappa shape index (κ2) is 4.40. The third kappa shape index (κ3) is 1.84. The number of rotatable bonds is 3. The van der Waals surface area contributed by atoms with Gasteiger partial charge in [-0.25, -0.2) is 0 Å². The van der Waals surface area contributed by atoms with Crippen LogP contribution in [0.3, 0.4) is 0 Å². The van der Waals surface area contributed by atoms with E-state index in [0.29, 0.717) is 18.8 Å². The van der Waals surface area contributed by atoms with Gasteiger partial charge in [-0.05, 0) is 0 Å². The van der Waals surface area contributed by atoms with E-state index in [1.807, 2.05) is 6.07 Å². The number of benzene rings is 1. The van der Waals surface area contributed by atoms with Crippen molar-refractivity contribution < 1.29 is 9.36 Å². The number of hydrogen-bond donors (Lipinski definition) is 0. The summed E-state index contributed by atoms with van der Waals surface area (Å²) < 4.78 is 16.5. The van der Waals surface area contributed by atoms with Gasteiger partial charge >= 0.3 is 91.5 Å². The van der Waals surface area contributed by atoms with Gasteiger partial charge in [-0.3, -0.25) is 0 Å². The molecule has 2 rings (SSSR count). The zero-order valence-electron chi connectivity index (χ0n) is 8.20. The molecule has 0 N–H and O–H groups in total. The monoisotopic (exact) mass is 211 g/mol. The van der Waals surface area contributed by atoms with E-state index < -0.39 is 0 Å². The van der Waals surface area contributed by atoms with Gasteiger partial charge in [0.1, 0.15) is 0 Å². The minimum atomic E-state index is 0.333. The zero-order valence-corrected chi connectivity index (χ0v) is 8.20. The molecule has 2 aromatic rings. The fourth-order valence-corrected chi connectivity index (χ4v) is 1.30. The molecule has 1 aromatic carbocycles. The Bertz CT molecular complexity index is 542. The standard InChI is InChI=1S/C10H6BN3O2/c12-7-8-1-3-9(4-2-8)14-10(16-11-15)5-6-13-14/h1-6H. The Morgan fingerprint density at radius 1 is 1.31 bits per heavy atom. The van der Waals surface area contributed by atoms with Crippen LogP contribution in [0.4, 0.5) is 0 Å². The van der Waals surface area contributed by atoms with Gasteiger partial charge in [0, 0.05) is 0 Å². The van der Waals surface area contributed by atoms with E-state index in [4.69, 9.17) is 9.92 Å². The van der Waals surface area contributed by atoms with Crippen LogP contribution in [0.2, 0.25) is 0 Å². The molecule has 1 aromatic heterocycles. The van der Waals surface area contributed by atoms with Gasteiger partial charge < -0.3 is 0 Å². The summed E-state index contributed by atoms with van der Waals surface area (Å²) >= 11 is 0. The van der Waals surface area contributed by atoms with Gasteiger partial charge in [0.25, 0.3) is 0 Å². The van der Waals surface area contributed by atoms with Crippen LogP contribution < -0.4 is 4.65 Å². The maximum atomic E-state index is 10.2. The summed E-state index contributed by atoms with van der Waals surface area (Å²) in [5.41, 5.74) is 1.29.